The van der Waals surface area contributed by atoms with Crippen LogP contribution >= 0.6 is 0 Å². The van der Waals surface area contributed by atoms with Crippen molar-refractivity contribution in [1.29, 1.82) is 0 Å². The van der Waals surface area contributed by atoms with Gasteiger partial charge >= 0.3 is 16.1 Å². The van der Waals surface area contributed by atoms with Crippen molar-refractivity contribution in [3.8, 4) is 5.75 Å². The fraction of sp³-hybridized carbons (Fsp3) is 0.417. The molecule has 1 aromatic rings. The number of methoxy groups -OCH3 is 1. The molecule has 1 atom stereocenters. The number of aliphatic carboxylic acids is 1. The molecule has 0 aliphatic carbocycles. The van der Waals surface area contributed by atoms with Crippen LogP contribution in [-0.4, -0.2) is 32.7 Å². The molecule has 0 saturated heterocycles. The topological polar surface area (TPSA) is 89.9 Å². The zero-order valence-electron chi connectivity index (χ0n) is 11.1. The first-order valence-electron chi connectivity index (χ1n) is 5.50. The zero-order valence-corrected chi connectivity index (χ0v) is 11.9. The Kier molecular flexibility index (Phi) is 4.54. The van der Waals surface area contributed by atoms with E-state index in [0.717, 1.165) is 18.1 Å². The van der Waals surface area contributed by atoms with Crippen LogP contribution < -0.4 is 4.74 Å². The van der Waals surface area contributed by atoms with Gasteiger partial charge < -0.3 is 9.84 Å². The van der Waals surface area contributed by atoms with E-state index in [1.54, 1.807) is 13.0 Å². The van der Waals surface area contributed by atoms with E-state index in [1.165, 1.54) is 13.2 Å². The lowest BCUT2D eigenvalue weighted by Crippen LogP contribution is -2.24. The van der Waals surface area contributed by atoms with Gasteiger partial charge in [0.1, 0.15) is 10.6 Å². The summed E-state index contributed by atoms with van der Waals surface area (Å²) in [6.45, 7) is 4.71. The summed E-state index contributed by atoms with van der Waals surface area (Å²) in [5.74, 6) is -1.23. The summed E-state index contributed by atoms with van der Waals surface area (Å²) in [7, 11) is -2.86. The molecule has 0 radical (unpaired) electrons. The summed E-state index contributed by atoms with van der Waals surface area (Å²) in [6.07, 6.45) is -1.46. The van der Waals surface area contributed by atoms with Gasteiger partial charge in [-0.2, -0.15) is 8.42 Å². The van der Waals surface area contributed by atoms with Crippen molar-refractivity contribution in [3.05, 3.63) is 23.3 Å². The Morgan fingerprint density at radius 1 is 1.26 bits per heavy atom. The van der Waals surface area contributed by atoms with Crippen molar-refractivity contribution >= 4 is 16.1 Å². The average Bonchev–Trinajstić information content (AvgIpc) is 2.31. The van der Waals surface area contributed by atoms with Crippen molar-refractivity contribution in [3.63, 3.8) is 0 Å². The summed E-state index contributed by atoms with van der Waals surface area (Å²) in [5, 5.41) is 8.70. The Hall–Kier alpha value is -1.60. The number of benzene rings is 1. The van der Waals surface area contributed by atoms with Crippen LogP contribution in [0, 0.1) is 13.8 Å². The van der Waals surface area contributed by atoms with E-state index in [1.807, 2.05) is 6.92 Å². The third-order valence-electron chi connectivity index (χ3n) is 2.67. The molecule has 0 amide bonds. The Labute approximate surface area is 112 Å². The van der Waals surface area contributed by atoms with E-state index < -0.39 is 22.2 Å². The number of rotatable bonds is 5. The molecule has 1 unspecified atom stereocenters. The second-order valence-corrected chi connectivity index (χ2v) is 5.66. The van der Waals surface area contributed by atoms with Gasteiger partial charge in [0.15, 0.2) is 6.10 Å². The van der Waals surface area contributed by atoms with E-state index >= 15 is 0 Å². The zero-order chi connectivity index (χ0) is 14.8. The van der Waals surface area contributed by atoms with Gasteiger partial charge in [0.2, 0.25) is 0 Å². The van der Waals surface area contributed by atoms with Crippen molar-refractivity contribution in [1.82, 2.24) is 0 Å². The predicted molar refractivity (Wildman–Crippen MR) is 67.8 cm³/mol. The van der Waals surface area contributed by atoms with E-state index in [2.05, 4.69) is 4.18 Å². The SMILES string of the molecule is COc1cc(C)c(C)cc1S(=O)(=O)OC(C)C(=O)O. The number of aryl methyl sites for hydroxylation is 2. The van der Waals surface area contributed by atoms with Crippen molar-refractivity contribution in [2.45, 2.75) is 31.8 Å². The number of carbonyl (C=O) groups is 1. The van der Waals surface area contributed by atoms with Gasteiger partial charge in [0, 0.05) is 0 Å². The van der Waals surface area contributed by atoms with E-state index in [-0.39, 0.29) is 10.6 Å². The number of carboxylic acid groups (broad SMARTS) is 1. The van der Waals surface area contributed by atoms with Crippen LogP contribution in [0.25, 0.3) is 0 Å². The quantitative estimate of drug-likeness (QED) is 0.826. The standard InChI is InChI=1S/C12H16O6S/c1-7-5-10(17-4)11(6-8(7)2)19(15,16)18-9(3)12(13)14/h5-6,9H,1-4H3,(H,13,14). The van der Waals surface area contributed by atoms with Gasteiger partial charge in [-0.1, -0.05) is 0 Å². The molecule has 1 rings (SSSR count). The lowest BCUT2D eigenvalue weighted by molar-refractivity contribution is -0.144. The van der Waals surface area contributed by atoms with Crippen LogP contribution in [0.3, 0.4) is 0 Å². The van der Waals surface area contributed by atoms with E-state index in [0.29, 0.717) is 0 Å². The molecule has 19 heavy (non-hydrogen) atoms. The first kappa shape index (κ1) is 15.5. The third-order valence-corrected chi connectivity index (χ3v) is 4.07. The lowest BCUT2D eigenvalue weighted by atomic mass is 10.1. The minimum Gasteiger partial charge on any atom is -0.495 e. The first-order chi connectivity index (χ1) is 8.69. The third kappa shape index (κ3) is 3.45. The number of hydrogen-bond donors (Lipinski definition) is 1. The number of carboxylic acids is 1. The van der Waals surface area contributed by atoms with Crippen molar-refractivity contribution in [2.24, 2.45) is 0 Å². The van der Waals surface area contributed by atoms with Gasteiger partial charge in [-0.05, 0) is 44.0 Å². The maximum absolute atomic E-state index is 12.0. The molecule has 0 aromatic heterocycles. The molecule has 106 valence electrons. The molecule has 0 bridgehead atoms. The Balaban J connectivity index is 3.28. The smallest absolute Gasteiger partial charge is 0.334 e. The Morgan fingerprint density at radius 3 is 2.26 bits per heavy atom. The minimum absolute atomic E-state index is 0.126. The monoisotopic (exact) mass is 288 g/mol. The highest BCUT2D eigenvalue weighted by Gasteiger charge is 2.27. The van der Waals surface area contributed by atoms with Crippen LogP contribution in [0.2, 0.25) is 0 Å². The normalized spacial score (nSPS) is 13.1. The summed E-state index contributed by atoms with van der Waals surface area (Å²) < 4.78 is 33.7. The van der Waals surface area contributed by atoms with Crippen LogP contribution in [0.5, 0.6) is 5.75 Å². The Bertz CT molecular complexity index is 590. The molecular formula is C12H16O6S. The highest BCUT2D eigenvalue weighted by Crippen LogP contribution is 2.29. The molecule has 1 aromatic carbocycles. The van der Waals surface area contributed by atoms with Gasteiger partial charge in [0.05, 0.1) is 7.11 Å². The first-order valence-corrected chi connectivity index (χ1v) is 6.91. The van der Waals surface area contributed by atoms with Crippen LogP contribution in [-0.2, 0) is 19.1 Å². The number of hydrogen-bond acceptors (Lipinski definition) is 5. The molecule has 0 heterocycles. The Morgan fingerprint density at radius 2 is 1.79 bits per heavy atom. The molecule has 0 aliphatic heterocycles. The molecular weight excluding hydrogens is 272 g/mol. The van der Waals surface area contributed by atoms with Crippen LogP contribution in [0.15, 0.2) is 17.0 Å². The largest absolute Gasteiger partial charge is 0.495 e. The molecule has 7 heteroatoms. The lowest BCUT2D eigenvalue weighted by Gasteiger charge is -2.14. The summed E-state index contributed by atoms with van der Waals surface area (Å²) >= 11 is 0. The van der Waals surface area contributed by atoms with Gasteiger partial charge in [-0.15, -0.1) is 0 Å². The highest BCUT2D eigenvalue weighted by molar-refractivity contribution is 7.87. The van der Waals surface area contributed by atoms with E-state index in [9.17, 15) is 13.2 Å². The van der Waals surface area contributed by atoms with Crippen molar-refractivity contribution in [2.75, 3.05) is 7.11 Å². The maximum atomic E-state index is 12.0. The highest BCUT2D eigenvalue weighted by atomic mass is 32.2. The number of ether oxygens (including phenoxy) is 1. The van der Waals surface area contributed by atoms with Gasteiger partial charge in [-0.25, -0.2) is 4.79 Å². The molecule has 0 saturated carbocycles. The molecule has 6 nitrogen and oxygen atoms in total. The summed E-state index contributed by atoms with van der Waals surface area (Å²) in [5.41, 5.74) is 1.60. The summed E-state index contributed by atoms with van der Waals surface area (Å²) in [6, 6.07) is 2.97. The fourth-order valence-electron chi connectivity index (χ4n) is 1.40. The average molecular weight is 288 g/mol. The molecule has 0 aliphatic rings. The minimum atomic E-state index is -4.19. The van der Waals surface area contributed by atoms with Crippen molar-refractivity contribution < 1.29 is 27.2 Å². The fourth-order valence-corrected chi connectivity index (χ4v) is 2.68. The second-order valence-electron chi connectivity index (χ2n) is 4.12. The van der Waals surface area contributed by atoms with Crippen LogP contribution in [0.1, 0.15) is 18.1 Å². The second kappa shape index (κ2) is 5.58. The molecule has 0 spiro atoms. The molecule has 0 fully saturated rings. The summed E-state index contributed by atoms with van der Waals surface area (Å²) in [4.78, 5) is 10.5. The molecule has 1 N–H and O–H groups in total. The van der Waals surface area contributed by atoms with Gasteiger partial charge in [0.25, 0.3) is 0 Å². The van der Waals surface area contributed by atoms with Gasteiger partial charge in [-0.3, -0.25) is 4.18 Å². The van der Waals surface area contributed by atoms with Crippen LogP contribution in [0.4, 0.5) is 0 Å². The maximum Gasteiger partial charge on any atom is 0.334 e. The van der Waals surface area contributed by atoms with E-state index in [4.69, 9.17) is 9.84 Å². The predicted octanol–water partition coefficient (Wildman–Crippen LogP) is 1.49.